The highest BCUT2D eigenvalue weighted by Gasteiger charge is 2.08. The molecule has 2 rings (SSSR count). The van der Waals surface area contributed by atoms with Gasteiger partial charge in [0.15, 0.2) is 5.78 Å². The Morgan fingerprint density at radius 2 is 1.86 bits per heavy atom. The summed E-state index contributed by atoms with van der Waals surface area (Å²) in [6.07, 6.45) is 0.497. The van der Waals surface area contributed by atoms with Crippen LogP contribution in [0.3, 0.4) is 0 Å². The van der Waals surface area contributed by atoms with Crippen molar-refractivity contribution < 1.29 is 9.53 Å². The van der Waals surface area contributed by atoms with Gasteiger partial charge in [-0.25, -0.2) is 0 Å². The third kappa shape index (κ3) is 4.09. The van der Waals surface area contributed by atoms with Gasteiger partial charge in [0.25, 0.3) is 0 Å². The molecule has 0 aliphatic carbocycles. The first-order chi connectivity index (χ1) is 10.1. The predicted octanol–water partition coefficient (Wildman–Crippen LogP) is 3.71. The second-order valence-electron chi connectivity index (χ2n) is 5.16. The van der Waals surface area contributed by atoms with Crippen molar-refractivity contribution in [1.29, 1.82) is 0 Å². The zero-order chi connectivity index (χ0) is 15.2. The van der Waals surface area contributed by atoms with E-state index in [-0.39, 0.29) is 5.78 Å². The zero-order valence-corrected chi connectivity index (χ0v) is 12.8. The third-order valence-corrected chi connectivity index (χ3v) is 3.54. The van der Waals surface area contributed by atoms with Crippen LogP contribution in [-0.4, -0.2) is 26.5 Å². The lowest BCUT2D eigenvalue weighted by Gasteiger charge is -2.19. The molecule has 0 aliphatic heterocycles. The summed E-state index contributed by atoms with van der Waals surface area (Å²) in [4.78, 5) is 14.2. The number of hydrogen-bond donors (Lipinski definition) is 0. The molecule has 0 atom stereocenters. The van der Waals surface area contributed by atoms with E-state index in [4.69, 9.17) is 4.74 Å². The number of hydrogen-bond acceptors (Lipinski definition) is 3. The Bertz CT molecular complexity index is 605. The van der Waals surface area contributed by atoms with E-state index in [9.17, 15) is 4.79 Å². The van der Waals surface area contributed by atoms with E-state index in [2.05, 4.69) is 4.90 Å². The fraction of sp³-hybridized carbons (Fsp3) is 0.278. The summed E-state index contributed by atoms with van der Waals surface area (Å²) in [6, 6.07) is 15.6. The van der Waals surface area contributed by atoms with Crippen molar-refractivity contribution in [3.8, 4) is 5.75 Å². The average molecular weight is 283 g/mol. The summed E-state index contributed by atoms with van der Waals surface area (Å²) < 4.78 is 5.22. The van der Waals surface area contributed by atoms with Crippen molar-refractivity contribution in [2.45, 2.75) is 13.3 Å². The van der Waals surface area contributed by atoms with Gasteiger partial charge in [-0.15, -0.1) is 0 Å². The van der Waals surface area contributed by atoms with Crippen LogP contribution in [0.2, 0.25) is 0 Å². The molecule has 21 heavy (non-hydrogen) atoms. The van der Waals surface area contributed by atoms with Crippen LogP contribution in [0.4, 0.5) is 5.69 Å². The van der Waals surface area contributed by atoms with Crippen LogP contribution < -0.4 is 9.64 Å². The lowest BCUT2D eigenvalue weighted by atomic mass is 10.1. The molecular weight excluding hydrogens is 262 g/mol. The Hall–Kier alpha value is -2.29. The quantitative estimate of drug-likeness (QED) is 0.757. The number of benzene rings is 2. The molecule has 0 aliphatic rings. The minimum absolute atomic E-state index is 0.171. The van der Waals surface area contributed by atoms with Crippen LogP contribution >= 0.6 is 0 Å². The summed E-state index contributed by atoms with van der Waals surface area (Å²) in [5.74, 6) is 0.994. The van der Waals surface area contributed by atoms with E-state index in [0.29, 0.717) is 13.0 Å². The molecule has 0 radical (unpaired) electrons. The van der Waals surface area contributed by atoms with Gasteiger partial charge in [0.1, 0.15) is 5.75 Å². The van der Waals surface area contributed by atoms with E-state index in [0.717, 1.165) is 17.0 Å². The predicted molar refractivity (Wildman–Crippen MR) is 86.4 cm³/mol. The number of nitrogens with zero attached hydrogens (tertiary/aromatic N) is 1. The van der Waals surface area contributed by atoms with Crippen LogP contribution in [-0.2, 0) is 0 Å². The van der Waals surface area contributed by atoms with E-state index in [1.165, 1.54) is 5.56 Å². The molecule has 0 saturated carbocycles. The van der Waals surface area contributed by atoms with Crippen molar-refractivity contribution in [2.75, 3.05) is 25.6 Å². The van der Waals surface area contributed by atoms with Gasteiger partial charge in [0.05, 0.1) is 7.11 Å². The normalized spacial score (nSPS) is 10.2. The SMILES string of the molecule is COc1cccc(N(C)CCC(=O)c2ccc(C)cc2)c1. The molecule has 0 bridgehead atoms. The molecule has 3 nitrogen and oxygen atoms in total. The molecular formula is C18H21NO2. The van der Waals surface area contributed by atoms with Gasteiger partial charge in [-0.05, 0) is 19.1 Å². The smallest absolute Gasteiger partial charge is 0.164 e. The molecule has 0 saturated heterocycles. The number of Topliss-reactive ketones (excluding diaryl/α,β-unsaturated/α-hetero) is 1. The maximum absolute atomic E-state index is 12.2. The van der Waals surface area contributed by atoms with E-state index < -0.39 is 0 Å². The number of carbonyl (C=O) groups excluding carboxylic acids is 1. The number of ketones is 1. The number of rotatable bonds is 6. The van der Waals surface area contributed by atoms with Gasteiger partial charge < -0.3 is 9.64 Å². The fourth-order valence-electron chi connectivity index (χ4n) is 2.13. The van der Waals surface area contributed by atoms with Crippen LogP contribution in [0.5, 0.6) is 5.75 Å². The second-order valence-corrected chi connectivity index (χ2v) is 5.16. The summed E-state index contributed by atoms with van der Waals surface area (Å²) in [7, 11) is 3.64. The summed E-state index contributed by atoms with van der Waals surface area (Å²) >= 11 is 0. The molecule has 0 N–H and O–H groups in total. The number of aryl methyl sites for hydroxylation is 1. The van der Waals surface area contributed by atoms with Crippen molar-refractivity contribution in [3.05, 3.63) is 59.7 Å². The number of methoxy groups -OCH3 is 1. The maximum Gasteiger partial charge on any atom is 0.164 e. The minimum atomic E-state index is 0.171. The molecule has 0 aromatic heterocycles. The van der Waals surface area contributed by atoms with E-state index in [1.807, 2.05) is 62.5 Å². The highest BCUT2D eigenvalue weighted by Crippen LogP contribution is 2.20. The van der Waals surface area contributed by atoms with Gasteiger partial charge in [0, 0.05) is 37.3 Å². The van der Waals surface area contributed by atoms with Gasteiger partial charge in [0.2, 0.25) is 0 Å². The standard InChI is InChI=1S/C18H21NO2/c1-14-7-9-15(10-8-14)18(20)11-12-19(2)16-5-4-6-17(13-16)21-3/h4-10,13H,11-12H2,1-3H3. The molecule has 2 aromatic carbocycles. The van der Waals surface area contributed by atoms with Gasteiger partial charge in [-0.2, -0.15) is 0 Å². The van der Waals surface area contributed by atoms with E-state index in [1.54, 1.807) is 7.11 Å². The maximum atomic E-state index is 12.2. The Morgan fingerprint density at radius 1 is 1.14 bits per heavy atom. The molecule has 0 amide bonds. The summed E-state index contributed by atoms with van der Waals surface area (Å²) in [5.41, 5.74) is 2.99. The topological polar surface area (TPSA) is 29.5 Å². The van der Waals surface area contributed by atoms with Gasteiger partial charge >= 0.3 is 0 Å². The number of anilines is 1. The van der Waals surface area contributed by atoms with Crippen LogP contribution in [0.25, 0.3) is 0 Å². The molecule has 2 aromatic rings. The molecule has 0 fully saturated rings. The van der Waals surface area contributed by atoms with Crippen molar-refractivity contribution in [2.24, 2.45) is 0 Å². The van der Waals surface area contributed by atoms with Crippen molar-refractivity contribution in [3.63, 3.8) is 0 Å². The van der Waals surface area contributed by atoms with E-state index >= 15 is 0 Å². The Balaban J connectivity index is 1.95. The highest BCUT2D eigenvalue weighted by atomic mass is 16.5. The second kappa shape index (κ2) is 6.93. The summed E-state index contributed by atoms with van der Waals surface area (Å²) in [5, 5.41) is 0. The highest BCUT2D eigenvalue weighted by molar-refractivity contribution is 5.96. The molecule has 3 heteroatoms. The van der Waals surface area contributed by atoms with Crippen molar-refractivity contribution in [1.82, 2.24) is 0 Å². The number of ether oxygens (including phenoxy) is 1. The third-order valence-electron chi connectivity index (χ3n) is 3.54. The number of carbonyl (C=O) groups is 1. The van der Waals surface area contributed by atoms with Gasteiger partial charge in [-0.1, -0.05) is 35.9 Å². The zero-order valence-electron chi connectivity index (χ0n) is 12.8. The average Bonchev–Trinajstić information content (AvgIpc) is 2.53. The van der Waals surface area contributed by atoms with Crippen LogP contribution in [0, 0.1) is 6.92 Å². The van der Waals surface area contributed by atoms with Crippen molar-refractivity contribution >= 4 is 11.5 Å². The monoisotopic (exact) mass is 283 g/mol. The van der Waals surface area contributed by atoms with Crippen LogP contribution in [0.1, 0.15) is 22.3 Å². The Morgan fingerprint density at radius 3 is 2.52 bits per heavy atom. The first-order valence-corrected chi connectivity index (χ1v) is 7.05. The molecule has 0 unspecified atom stereocenters. The lowest BCUT2D eigenvalue weighted by Crippen LogP contribution is -2.21. The first kappa shape index (κ1) is 15.1. The summed E-state index contributed by atoms with van der Waals surface area (Å²) in [6.45, 7) is 2.70. The molecule has 110 valence electrons. The minimum Gasteiger partial charge on any atom is -0.497 e. The molecule has 0 spiro atoms. The Kier molecular flexibility index (Phi) is 4.99. The molecule has 0 heterocycles. The Labute approximate surface area is 126 Å². The van der Waals surface area contributed by atoms with Crippen LogP contribution in [0.15, 0.2) is 48.5 Å². The first-order valence-electron chi connectivity index (χ1n) is 7.05. The largest absolute Gasteiger partial charge is 0.497 e. The fourth-order valence-corrected chi connectivity index (χ4v) is 2.13. The van der Waals surface area contributed by atoms with Gasteiger partial charge in [-0.3, -0.25) is 4.79 Å². The lowest BCUT2D eigenvalue weighted by molar-refractivity contribution is 0.0985.